The lowest BCUT2D eigenvalue weighted by molar-refractivity contribution is -0.157. The molecule has 0 amide bonds. The highest BCUT2D eigenvalue weighted by atomic mass is 32.2. The van der Waals surface area contributed by atoms with Crippen LogP contribution in [0.2, 0.25) is 0 Å². The van der Waals surface area contributed by atoms with Crippen molar-refractivity contribution in [3.8, 4) is 23.3 Å². The van der Waals surface area contributed by atoms with Gasteiger partial charge in [-0.3, -0.25) is 19.2 Å². The van der Waals surface area contributed by atoms with Gasteiger partial charge in [0.1, 0.15) is 17.2 Å². The number of fused-ring (bicyclic) bond motifs is 1. The molecule has 1 heterocycles. The zero-order chi connectivity index (χ0) is 42.4. The van der Waals surface area contributed by atoms with Gasteiger partial charge in [0.15, 0.2) is 0 Å². The van der Waals surface area contributed by atoms with Crippen molar-refractivity contribution >= 4 is 59.3 Å². The van der Waals surface area contributed by atoms with Crippen LogP contribution in [0.15, 0.2) is 80.4 Å². The first-order valence-corrected chi connectivity index (χ1v) is 19.6. The van der Waals surface area contributed by atoms with E-state index in [1.807, 2.05) is 26.8 Å². The number of thioether (sulfide) groups is 2. The molecule has 0 bridgehead atoms. The van der Waals surface area contributed by atoms with Crippen LogP contribution in [0, 0.1) is 29.2 Å². The number of hydrogen-bond donors (Lipinski definition) is 0. The molecule has 0 saturated heterocycles. The third kappa shape index (κ3) is 13.0. The summed E-state index contributed by atoms with van der Waals surface area (Å²) in [6, 6.07) is 16.9. The first-order chi connectivity index (χ1) is 27.6. The molecule has 0 radical (unpaired) electrons. The van der Waals surface area contributed by atoms with Gasteiger partial charge < -0.3 is 28.4 Å². The van der Waals surface area contributed by atoms with Crippen molar-refractivity contribution in [3.63, 3.8) is 0 Å². The zero-order valence-corrected chi connectivity index (χ0v) is 34.0. The van der Waals surface area contributed by atoms with Crippen molar-refractivity contribution < 1.29 is 57.2 Å². The summed E-state index contributed by atoms with van der Waals surface area (Å²) in [6.45, 7) is 16.0. The Morgan fingerprint density at radius 2 is 1.31 bits per heavy atom. The molecule has 0 aromatic heterocycles. The molecule has 302 valence electrons. The molecule has 14 nitrogen and oxygen atoms in total. The zero-order valence-electron chi connectivity index (χ0n) is 32.4. The predicted octanol–water partition coefficient (Wildman–Crippen LogP) is 7.88. The van der Waals surface area contributed by atoms with Gasteiger partial charge >= 0.3 is 35.8 Å². The average Bonchev–Trinajstić information content (AvgIpc) is 3.66. The van der Waals surface area contributed by atoms with Gasteiger partial charge in [-0.1, -0.05) is 63.4 Å². The monoisotopic (exact) mass is 828 g/mol. The van der Waals surface area contributed by atoms with Crippen LogP contribution in [0.4, 0.5) is 0 Å². The largest absolute Gasteiger partial charge is 0.465 e. The van der Waals surface area contributed by atoms with E-state index in [4.69, 9.17) is 35.0 Å². The Hall–Kier alpha value is -6.10. The fourth-order valence-electron chi connectivity index (χ4n) is 4.77. The number of esters is 6. The van der Waals surface area contributed by atoms with Crippen molar-refractivity contribution in [2.75, 3.05) is 19.8 Å². The first-order valence-electron chi connectivity index (χ1n) is 18.0. The minimum atomic E-state index is -0.742. The minimum absolute atomic E-state index is 0.0291. The maximum Gasteiger partial charge on any atom is 0.343 e. The number of hydrogen-bond acceptors (Lipinski definition) is 15. The third-order valence-electron chi connectivity index (χ3n) is 8.22. The van der Waals surface area contributed by atoms with Crippen molar-refractivity contribution in [3.05, 3.63) is 98.7 Å². The molecule has 3 aromatic carbocycles. The SMILES string of the molecule is [C-]#[N+]/C(C#N)=C1/Sc2c(OC(C)=O)ccc(OC(=O)c3ccc(C(=O)Oc4ccc(CCOC(=O)CCC(=O)OCC(C)(C)COC(=O)C(C)CC)cc4)cc3)c2S1. The Labute approximate surface area is 344 Å². The van der Waals surface area contributed by atoms with Gasteiger partial charge in [-0.25, -0.2) is 19.7 Å². The van der Waals surface area contributed by atoms with Crippen molar-refractivity contribution in [2.45, 2.75) is 70.1 Å². The molecule has 0 saturated carbocycles. The number of allylic oxidation sites excluding steroid dienone is 1. The highest BCUT2D eigenvalue weighted by Crippen LogP contribution is 2.59. The molecule has 0 N–H and O–H groups in total. The van der Waals surface area contributed by atoms with E-state index in [-0.39, 0.29) is 78.6 Å². The Morgan fingerprint density at radius 3 is 1.84 bits per heavy atom. The van der Waals surface area contributed by atoms with Crippen molar-refractivity contribution in [1.29, 1.82) is 5.26 Å². The summed E-state index contributed by atoms with van der Waals surface area (Å²) >= 11 is 2.11. The quantitative estimate of drug-likeness (QED) is 0.0420. The van der Waals surface area contributed by atoms with Crippen molar-refractivity contribution in [2.24, 2.45) is 11.3 Å². The Kier molecular flexibility index (Phi) is 16.1. The summed E-state index contributed by atoms with van der Waals surface area (Å²) in [6.07, 6.45) is 0.739. The molecule has 0 fully saturated rings. The molecular formula is C42H40N2O12S2. The lowest BCUT2D eigenvalue weighted by Crippen LogP contribution is -2.30. The van der Waals surface area contributed by atoms with Crippen LogP contribution < -0.4 is 14.2 Å². The summed E-state index contributed by atoms with van der Waals surface area (Å²) in [5, 5.41) is 9.34. The predicted molar refractivity (Wildman–Crippen MR) is 211 cm³/mol. The van der Waals surface area contributed by atoms with Gasteiger partial charge in [-0.15, -0.1) is 0 Å². The highest BCUT2D eigenvalue weighted by Gasteiger charge is 2.30. The standard InChI is InChI=1S/C42H40N2O12S2/c1-7-25(2)38(48)53-24-42(4,5)23-52-35(47)19-18-34(46)51-21-20-27-8-14-30(15-9-27)55-39(49)28-10-12-29(13-11-28)40(50)56-33-17-16-32(54-26(3)45)36-37(33)58-41(57-36)31(22-43)44-6/h8-17,25H,7,18-21,23-24H2,1-5H3/b41-31-. The van der Waals surface area contributed by atoms with Crippen LogP contribution in [-0.2, 0) is 39.8 Å². The van der Waals surface area contributed by atoms with E-state index in [0.29, 0.717) is 26.9 Å². The van der Waals surface area contributed by atoms with Crippen LogP contribution in [0.1, 0.15) is 80.2 Å². The van der Waals surface area contributed by atoms with E-state index in [1.54, 1.807) is 31.2 Å². The van der Waals surface area contributed by atoms with E-state index in [0.717, 1.165) is 29.1 Å². The molecule has 1 unspecified atom stereocenters. The van der Waals surface area contributed by atoms with Crippen molar-refractivity contribution in [1.82, 2.24) is 0 Å². The third-order valence-corrected chi connectivity index (χ3v) is 10.8. The number of carbonyl (C=O) groups is 6. The molecular weight excluding hydrogens is 789 g/mol. The molecule has 4 rings (SSSR count). The molecule has 58 heavy (non-hydrogen) atoms. The smallest absolute Gasteiger partial charge is 0.343 e. The van der Waals surface area contributed by atoms with E-state index in [2.05, 4.69) is 4.85 Å². The highest BCUT2D eigenvalue weighted by molar-refractivity contribution is 8.24. The van der Waals surface area contributed by atoms with Crippen LogP contribution in [-0.4, -0.2) is 55.6 Å². The van der Waals surface area contributed by atoms with E-state index in [1.165, 1.54) is 43.3 Å². The maximum absolute atomic E-state index is 13.1. The number of rotatable bonds is 17. The van der Waals surface area contributed by atoms with Gasteiger partial charge in [-0.2, -0.15) is 0 Å². The van der Waals surface area contributed by atoms with E-state index < -0.39 is 35.3 Å². The Morgan fingerprint density at radius 1 is 0.776 bits per heavy atom. The second-order valence-electron chi connectivity index (χ2n) is 13.6. The fraction of sp³-hybridized carbons (Fsp3) is 0.333. The van der Waals surface area contributed by atoms with Gasteiger partial charge in [0.05, 0.1) is 76.4 Å². The second kappa shape index (κ2) is 20.9. The summed E-state index contributed by atoms with van der Waals surface area (Å²) in [4.78, 5) is 77.9. The summed E-state index contributed by atoms with van der Waals surface area (Å²) < 4.78 is 32.6. The number of benzene rings is 3. The van der Waals surface area contributed by atoms with Gasteiger partial charge in [0, 0.05) is 18.8 Å². The van der Waals surface area contributed by atoms with Gasteiger partial charge in [0.2, 0.25) is 0 Å². The fourth-order valence-corrected chi connectivity index (χ4v) is 7.24. The van der Waals surface area contributed by atoms with Crippen LogP contribution in [0.25, 0.3) is 4.85 Å². The van der Waals surface area contributed by atoms with Crippen LogP contribution >= 0.6 is 23.5 Å². The lowest BCUT2D eigenvalue weighted by Gasteiger charge is -2.24. The molecule has 16 heteroatoms. The van der Waals surface area contributed by atoms with E-state index >= 15 is 0 Å². The molecule has 0 aliphatic carbocycles. The normalized spacial score (nSPS) is 13.1. The molecule has 0 spiro atoms. The number of nitrogens with zero attached hydrogens (tertiary/aromatic N) is 2. The van der Waals surface area contributed by atoms with Crippen LogP contribution in [0.5, 0.6) is 17.2 Å². The summed E-state index contributed by atoms with van der Waals surface area (Å²) in [5.74, 6) is -3.03. The average molecular weight is 829 g/mol. The Balaban J connectivity index is 1.21. The second-order valence-corrected chi connectivity index (χ2v) is 15.9. The van der Waals surface area contributed by atoms with Crippen LogP contribution in [0.3, 0.4) is 0 Å². The Bertz CT molecular complexity index is 2150. The summed E-state index contributed by atoms with van der Waals surface area (Å²) in [5.41, 5.74) is 0.362. The summed E-state index contributed by atoms with van der Waals surface area (Å²) in [7, 11) is 0. The van der Waals surface area contributed by atoms with E-state index in [9.17, 15) is 34.0 Å². The molecule has 1 aliphatic rings. The molecule has 3 aromatic rings. The lowest BCUT2D eigenvalue weighted by atomic mass is 9.96. The maximum atomic E-state index is 13.1. The molecule has 1 aliphatic heterocycles. The van der Waals surface area contributed by atoms with Gasteiger partial charge in [-0.05, 0) is 60.5 Å². The number of nitriles is 1. The molecule has 1 atom stereocenters. The van der Waals surface area contributed by atoms with Gasteiger partial charge in [0.25, 0.3) is 5.70 Å². The number of ether oxygens (including phenoxy) is 6. The topological polar surface area (TPSA) is 186 Å². The minimum Gasteiger partial charge on any atom is -0.465 e. The first kappa shape index (κ1) is 44.6. The number of carbonyl (C=O) groups excluding carboxylic acids is 6.